The van der Waals surface area contributed by atoms with E-state index >= 15 is 0 Å². The number of halogens is 1. The maximum absolute atomic E-state index is 12.1. The number of rotatable bonds is 8. The summed E-state index contributed by atoms with van der Waals surface area (Å²) in [7, 11) is 0. The number of aromatic nitrogens is 2. The van der Waals surface area contributed by atoms with Crippen molar-refractivity contribution in [2.75, 3.05) is 43.4 Å². The van der Waals surface area contributed by atoms with Crippen LogP contribution in [-0.2, 0) is 4.79 Å². The van der Waals surface area contributed by atoms with Crippen molar-refractivity contribution in [3.8, 4) is 0 Å². The maximum atomic E-state index is 12.1. The first kappa shape index (κ1) is 22.5. The SMILES string of the molecule is CCCNC(=O)N1CCN(c2cc(Cl)nc(SCC(=O)N[C@H](C)CC)n2)CC1. The predicted molar refractivity (Wildman–Crippen MR) is 113 cm³/mol. The Labute approximate surface area is 175 Å². The Morgan fingerprint density at radius 2 is 1.96 bits per heavy atom. The van der Waals surface area contributed by atoms with Gasteiger partial charge in [-0.2, -0.15) is 0 Å². The predicted octanol–water partition coefficient (Wildman–Crippen LogP) is 2.38. The summed E-state index contributed by atoms with van der Waals surface area (Å²) in [6, 6.07) is 1.85. The number of thioether (sulfide) groups is 1. The summed E-state index contributed by atoms with van der Waals surface area (Å²) in [6.07, 6.45) is 1.80. The van der Waals surface area contributed by atoms with Crippen LogP contribution in [0.4, 0.5) is 10.6 Å². The van der Waals surface area contributed by atoms with Gasteiger partial charge in [-0.25, -0.2) is 14.8 Å². The van der Waals surface area contributed by atoms with Crippen LogP contribution in [0.5, 0.6) is 0 Å². The highest BCUT2D eigenvalue weighted by Crippen LogP contribution is 2.22. The van der Waals surface area contributed by atoms with Gasteiger partial charge in [-0.1, -0.05) is 37.2 Å². The molecule has 0 spiro atoms. The largest absolute Gasteiger partial charge is 0.353 e. The molecule has 0 saturated carbocycles. The van der Waals surface area contributed by atoms with Gasteiger partial charge in [0.15, 0.2) is 5.16 Å². The van der Waals surface area contributed by atoms with Crippen molar-refractivity contribution in [2.45, 2.75) is 44.8 Å². The highest BCUT2D eigenvalue weighted by Gasteiger charge is 2.22. The molecule has 156 valence electrons. The number of hydrogen-bond donors (Lipinski definition) is 2. The van der Waals surface area contributed by atoms with Gasteiger partial charge in [0.1, 0.15) is 11.0 Å². The van der Waals surface area contributed by atoms with Crippen LogP contribution in [0.1, 0.15) is 33.6 Å². The Kier molecular flexibility index (Phi) is 9.11. The Balaban J connectivity index is 1.91. The topological polar surface area (TPSA) is 90.5 Å². The molecule has 2 rings (SSSR count). The fourth-order valence-electron chi connectivity index (χ4n) is 2.64. The van der Waals surface area contributed by atoms with Crippen molar-refractivity contribution in [1.29, 1.82) is 0 Å². The van der Waals surface area contributed by atoms with Crippen LogP contribution in [0, 0.1) is 0 Å². The molecule has 0 aliphatic carbocycles. The van der Waals surface area contributed by atoms with E-state index in [0.29, 0.717) is 43.0 Å². The summed E-state index contributed by atoms with van der Waals surface area (Å²) in [5, 5.41) is 6.64. The lowest BCUT2D eigenvalue weighted by Crippen LogP contribution is -2.52. The average molecular weight is 429 g/mol. The number of urea groups is 1. The standard InChI is InChI=1S/C18H29ClN6O2S/c1-4-6-20-18(27)25-9-7-24(8-10-25)15-11-14(19)22-17(23-15)28-12-16(26)21-13(3)5-2/h11,13H,4-10,12H2,1-3H3,(H,20,27)(H,21,26)/t13-/m1/s1. The molecule has 1 saturated heterocycles. The lowest BCUT2D eigenvalue weighted by Gasteiger charge is -2.35. The second-order valence-corrected chi connectivity index (χ2v) is 8.03. The normalized spacial score (nSPS) is 15.3. The lowest BCUT2D eigenvalue weighted by molar-refractivity contribution is -0.119. The second-order valence-electron chi connectivity index (χ2n) is 6.70. The van der Waals surface area contributed by atoms with Crippen molar-refractivity contribution in [3.05, 3.63) is 11.2 Å². The molecular weight excluding hydrogens is 400 g/mol. The fraction of sp³-hybridized carbons (Fsp3) is 0.667. The smallest absolute Gasteiger partial charge is 0.317 e. The van der Waals surface area contributed by atoms with Crippen LogP contribution in [0.15, 0.2) is 11.2 Å². The van der Waals surface area contributed by atoms with Crippen molar-refractivity contribution in [2.24, 2.45) is 0 Å². The van der Waals surface area contributed by atoms with Crippen LogP contribution >= 0.6 is 23.4 Å². The van der Waals surface area contributed by atoms with E-state index in [4.69, 9.17) is 11.6 Å². The molecule has 1 atom stereocenters. The number of piperazine rings is 1. The first-order chi connectivity index (χ1) is 13.4. The quantitative estimate of drug-likeness (QED) is 0.375. The van der Waals surface area contributed by atoms with Gasteiger partial charge in [-0.15, -0.1) is 0 Å². The third-order valence-electron chi connectivity index (χ3n) is 4.43. The number of nitrogens with one attached hydrogen (secondary N) is 2. The van der Waals surface area contributed by atoms with Crippen LogP contribution in [-0.4, -0.2) is 71.3 Å². The van der Waals surface area contributed by atoms with E-state index in [1.54, 1.807) is 6.07 Å². The molecule has 1 fully saturated rings. The molecule has 0 aromatic carbocycles. The number of carbonyl (C=O) groups is 2. The molecule has 28 heavy (non-hydrogen) atoms. The molecule has 1 aromatic rings. The van der Waals surface area contributed by atoms with Crippen LogP contribution in [0.2, 0.25) is 5.15 Å². The first-order valence-electron chi connectivity index (χ1n) is 9.67. The minimum absolute atomic E-state index is 0.0224. The Morgan fingerprint density at radius 1 is 1.25 bits per heavy atom. The lowest BCUT2D eigenvalue weighted by atomic mass is 10.3. The van der Waals surface area contributed by atoms with Crippen molar-refractivity contribution >= 4 is 41.1 Å². The number of nitrogens with zero attached hydrogens (tertiary/aromatic N) is 4. The molecule has 0 radical (unpaired) electrons. The number of hydrogen-bond acceptors (Lipinski definition) is 6. The van der Waals surface area contributed by atoms with Crippen molar-refractivity contribution in [1.82, 2.24) is 25.5 Å². The molecule has 8 nitrogen and oxygen atoms in total. The van der Waals surface area contributed by atoms with Gasteiger partial charge in [-0.3, -0.25) is 4.79 Å². The molecule has 1 aromatic heterocycles. The maximum Gasteiger partial charge on any atom is 0.317 e. The van der Waals surface area contributed by atoms with E-state index in [9.17, 15) is 9.59 Å². The minimum Gasteiger partial charge on any atom is -0.353 e. The molecule has 2 heterocycles. The van der Waals surface area contributed by atoms with Gasteiger partial charge < -0.3 is 20.4 Å². The summed E-state index contributed by atoms with van der Waals surface area (Å²) in [5.74, 6) is 0.921. The fourth-order valence-corrected chi connectivity index (χ4v) is 3.54. The van der Waals surface area contributed by atoms with E-state index in [1.165, 1.54) is 11.8 Å². The third-order valence-corrected chi connectivity index (χ3v) is 5.47. The Morgan fingerprint density at radius 3 is 2.61 bits per heavy atom. The highest BCUT2D eigenvalue weighted by molar-refractivity contribution is 7.99. The van der Waals surface area contributed by atoms with Crippen LogP contribution < -0.4 is 15.5 Å². The van der Waals surface area contributed by atoms with E-state index in [2.05, 4.69) is 25.5 Å². The molecule has 3 amide bonds. The van der Waals surface area contributed by atoms with Crippen LogP contribution in [0.25, 0.3) is 0 Å². The minimum atomic E-state index is -0.0452. The van der Waals surface area contributed by atoms with Crippen molar-refractivity contribution in [3.63, 3.8) is 0 Å². The highest BCUT2D eigenvalue weighted by atomic mass is 35.5. The molecule has 0 unspecified atom stereocenters. The van der Waals surface area contributed by atoms with Crippen LogP contribution in [0.3, 0.4) is 0 Å². The van der Waals surface area contributed by atoms with E-state index in [-0.39, 0.29) is 23.7 Å². The van der Waals surface area contributed by atoms with E-state index < -0.39 is 0 Å². The average Bonchev–Trinajstić information content (AvgIpc) is 2.70. The van der Waals surface area contributed by atoms with Crippen molar-refractivity contribution < 1.29 is 9.59 Å². The number of anilines is 1. The summed E-state index contributed by atoms with van der Waals surface area (Å²) < 4.78 is 0. The summed E-state index contributed by atoms with van der Waals surface area (Å²) in [6.45, 7) is 9.30. The summed E-state index contributed by atoms with van der Waals surface area (Å²) >= 11 is 7.43. The monoisotopic (exact) mass is 428 g/mol. The second kappa shape index (κ2) is 11.3. The van der Waals surface area contributed by atoms with E-state index in [1.807, 2.05) is 25.7 Å². The Hall–Kier alpha value is -1.74. The Bertz CT molecular complexity index is 669. The molecule has 2 N–H and O–H groups in total. The zero-order valence-corrected chi connectivity index (χ0v) is 18.3. The molecular formula is C18H29ClN6O2S. The van der Waals surface area contributed by atoms with E-state index in [0.717, 1.165) is 18.7 Å². The molecule has 0 bridgehead atoms. The number of amides is 3. The molecule has 1 aliphatic heterocycles. The zero-order valence-electron chi connectivity index (χ0n) is 16.7. The summed E-state index contributed by atoms with van der Waals surface area (Å²) in [4.78, 5) is 36.7. The van der Waals surface area contributed by atoms with Gasteiger partial charge in [0.05, 0.1) is 5.75 Å². The zero-order chi connectivity index (χ0) is 20.5. The number of carbonyl (C=O) groups excluding carboxylic acids is 2. The third kappa shape index (κ3) is 7.01. The van der Waals surface area contributed by atoms with Gasteiger partial charge in [-0.05, 0) is 19.8 Å². The first-order valence-corrected chi connectivity index (χ1v) is 11.0. The summed E-state index contributed by atoms with van der Waals surface area (Å²) in [5.41, 5.74) is 0. The van der Waals surface area contributed by atoms with Gasteiger partial charge in [0.2, 0.25) is 5.91 Å². The van der Waals surface area contributed by atoms with Gasteiger partial charge >= 0.3 is 6.03 Å². The van der Waals surface area contributed by atoms with Gasteiger partial charge in [0, 0.05) is 44.8 Å². The molecule has 10 heteroatoms. The molecule has 1 aliphatic rings. The van der Waals surface area contributed by atoms with Gasteiger partial charge in [0.25, 0.3) is 0 Å².